The van der Waals surface area contributed by atoms with Gasteiger partial charge in [0.2, 0.25) is 6.10 Å². The molecule has 30 heavy (non-hydrogen) atoms. The van der Waals surface area contributed by atoms with Crippen molar-refractivity contribution in [1.82, 2.24) is 0 Å². The standard InChI is InChI=1S/C23H20N2O5/c1-15-8-9-16(2)20(14-15)24-22(26)21(17-6-4-3-5-7-17)30-23(27)18-10-12-19(13-11-18)25(28)29/h3-14,21H,1-2H3,(H,24,26)/t21-/m0/s1. The van der Waals surface area contributed by atoms with Crippen LogP contribution in [-0.2, 0) is 9.53 Å². The normalized spacial score (nSPS) is 11.4. The second kappa shape index (κ2) is 9.00. The maximum Gasteiger partial charge on any atom is 0.339 e. The number of esters is 1. The third-order valence-electron chi connectivity index (χ3n) is 4.53. The zero-order chi connectivity index (χ0) is 21.7. The first-order valence-corrected chi connectivity index (χ1v) is 9.23. The number of nitrogens with one attached hydrogen (secondary N) is 1. The highest BCUT2D eigenvalue weighted by molar-refractivity contribution is 5.98. The van der Waals surface area contributed by atoms with Crippen molar-refractivity contribution in [3.05, 3.63) is 105 Å². The molecule has 3 rings (SSSR count). The zero-order valence-corrected chi connectivity index (χ0v) is 16.5. The van der Waals surface area contributed by atoms with Gasteiger partial charge in [-0.15, -0.1) is 0 Å². The van der Waals surface area contributed by atoms with Gasteiger partial charge in [-0.2, -0.15) is 0 Å². The van der Waals surface area contributed by atoms with Gasteiger partial charge in [-0.05, 0) is 43.2 Å². The Morgan fingerprint density at radius 3 is 2.27 bits per heavy atom. The van der Waals surface area contributed by atoms with Gasteiger partial charge >= 0.3 is 5.97 Å². The second-order valence-electron chi connectivity index (χ2n) is 6.81. The van der Waals surface area contributed by atoms with Crippen LogP contribution in [0.15, 0.2) is 72.8 Å². The Kier molecular flexibility index (Phi) is 6.22. The molecule has 1 atom stereocenters. The first kappa shape index (κ1) is 20.7. The summed E-state index contributed by atoms with van der Waals surface area (Å²) in [4.78, 5) is 35.9. The molecule has 0 bridgehead atoms. The van der Waals surface area contributed by atoms with Gasteiger partial charge in [0.25, 0.3) is 11.6 Å². The molecular formula is C23H20N2O5. The van der Waals surface area contributed by atoms with Crippen LogP contribution in [0, 0.1) is 24.0 Å². The minimum Gasteiger partial charge on any atom is -0.444 e. The Bertz CT molecular complexity index is 1080. The largest absolute Gasteiger partial charge is 0.444 e. The smallest absolute Gasteiger partial charge is 0.339 e. The number of nitro groups is 1. The average molecular weight is 404 g/mol. The molecule has 0 aliphatic carbocycles. The molecule has 1 N–H and O–H groups in total. The van der Waals surface area contributed by atoms with Gasteiger partial charge in [0.1, 0.15) is 0 Å². The molecule has 152 valence electrons. The molecule has 0 saturated heterocycles. The predicted octanol–water partition coefficient (Wildman–Crippen LogP) is 4.75. The number of amides is 1. The summed E-state index contributed by atoms with van der Waals surface area (Å²) in [5.74, 6) is -1.25. The lowest BCUT2D eigenvalue weighted by molar-refractivity contribution is -0.384. The number of nitrogens with zero attached hydrogens (tertiary/aromatic N) is 1. The molecule has 0 heterocycles. The fourth-order valence-electron chi connectivity index (χ4n) is 2.86. The van der Waals surface area contributed by atoms with Crippen LogP contribution >= 0.6 is 0 Å². The number of hydrogen-bond acceptors (Lipinski definition) is 5. The van der Waals surface area contributed by atoms with E-state index in [0.29, 0.717) is 11.3 Å². The number of carbonyl (C=O) groups excluding carboxylic acids is 2. The SMILES string of the molecule is Cc1ccc(C)c(NC(=O)[C@@H](OC(=O)c2ccc([N+](=O)[O-])cc2)c2ccccc2)c1. The molecule has 0 aliphatic heterocycles. The number of aryl methyl sites for hydroxylation is 2. The summed E-state index contributed by atoms with van der Waals surface area (Å²) in [6.45, 7) is 3.79. The van der Waals surface area contributed by atoms with Crippen molar-refractivity contribution in [3.63, 3.8) is 0 Å². The summed E-state index contributed by atoms with van der Waals surface area (Å²) in [5, 5.41) is 13.6. The highest BCUT2D eigenvalue weighted by Gasteiger charge is 2.26. The van der Waals surface area contributed by atoms with E-state index in [1.165, 1.54) is 24.3 Å². The molecule has 0 aliphatic rings. The Morgan fingerprint density at radius 2 is 1.63 bits per heavy atom. The van der Waals surface area contributed by atoms with Crippen molar-refractivity contribution in [2.75, 3.05) is 5.32 Å². The van der Waals surface area contributed by atoms with Gasteiger partial charge in [-0.25, -0.2) is 4.79 Å². The Labute approximate surface area is 173 Å². The van der Waals surface area contributed by atoms with Gasteiger partial charge in [-0.1, -0.05) is 42.5 Å². The number of hydrogen-bond donors (Lipinski definition) is 1. The van der Waals surface area contributed by atoms with E-state index < -0.39 is 22.9 Å². The first-order chi connectivity index (χ1) is 14.3. The minimum absolute atomic E-state index is 0.112. The summed E-state index contributed by atoms with van der Waals surface area (Å²) in [6, 6.07) is 19.4. The number of benzene rings is 3. The lowest BCUT2D eigenvalue weighted by Crippen LogP contribution is -2.26. The lowest BCUT2D eigenvalue weighted by atomic mass is 10.1. The quantitative estimate of drug-likeness (QED) is 0.363. The number of anilines is 1. The van der Waals surface area contributed by atoms with Crippen LogP contribution in [0.3, 0.4) is 0 Å². The topological polar surface area (TPSA) is 98.5 Å². The molecule has 3 aromatic carbocycles. The van der Waals surface area contributed by atoms with E-state index in [1.807, 2.05) is 32.0 Å². The summed E-state index contributed by atoms with van der Waals surface area (Å²) in [5.41, 5.74) is 2.97. The van der Waals surface area contributed by atoms with Gasteiger partial charge in [0.15, 0.2) is 0 Å². The summed E-state index contributed by atoms with van der Waals surface area (Å²) in [6.07, 6.45) is -1.19. The first-order valence-electron chi connectivity index (χ1n) is 9.23. The molecule has 0 aromatic heterocycles. The molecule has 0 radical (unpaired) electrons. The van der Waals surface area contributed by atoms with E-state index in [2.05, 4.69) is 5.32 Å². The van der Waals surface area contributed by atoms with Crippen molar-refractivity contribution >= 4 is 23.3 Å². The highest BCUT2D eigenvalue weighted by Crippen LogP contribution is 2.24. The van der Waals surface area contributed by atoms with Gasteiger partial charge in [0, 0.05) is 23.4 Å². The minimum atomic E-state index is -1.19. The molecule has 0 spiro atoms. The van der Waals surface area contributed by atoms with Crippen molar-refractivity contribution < 1.29 is 19.2 Å². The predicted molar refractivity (Wildman–Crippen MR) is 112 cm³/mol. The number of non-ortho nitro benzene ring substituents is 1. The monoisotopic (exact) mass is 404 g/mol. The fourth-order valence-corrected chi connectivity index (χ4v) is 2.86. The van der Waals surface area contributed by atoms with Crippen LogP contribution in [0.5, 0.6) is 0 Å². The molecule has 7 heteroatoms. The second-order valence-corrected chi connectivity index (χ2v) is 6.81. The van der Waals surface area contributed by atoms with Gasteiger partial charge < -0.3 is 10.1 Å². The van der Waals surface area contributed by atoms with Crippen molar-refractivity contribution in [1.29, 1.82) is 0 Å². The molecule has 3 aromatic rings. The number of rotatable bonds is 6. The summed E-state index contributed by atoms with van der Waals surface area (Å²) >= 11 is 0. The van der Waals surface area contributed by atoms with Crippen molar-refractivity contribution in [2.45, 2.75) is 20.0 Å². The van der Waals surface area contributed by atoms with Crippen LogP contribution in [0.1, 0.15) is 33.2 Å². The van der Waals surface area contributed by atoms with E-state index >= 15 is 0 Å². The molecule has 1 amide bonds. The van der Waals surface area contributed by atoms with Crippen LogP contribution in [0.25, 0.3) is 0 Å². The average Bonchev–Trinajstić information content (AvgIpc) is 2.75. The van der Waals surface area contributed by atoms with Crippen LogP contribution in [0.2, 0.25) is 0 Å². The van der Waals surface area contributed by atoms with Gasteiger partial charge in [0.05, 0.1) is 10.5 Å². The van der Waals surface area contributed by atoms with Crippen LogP contribution in [0.4, 0.5) is 11.4 Å². The van der Waals surface area contributed by atoms with Gasteiger partial charge in [-0.3, -0.25) is 14.9 Å². The number of nitro benzene ring substituents is 1. The Morgan fingerprint density at radius 1 is 0.967 bits per heavy atom. The highest BCUT2D eigenvalue weighted by atomic mass is 16.6. The summed E-state index contributed by atoms with van der Waals surface area (Å²) < 4.78 is 5.51. The van der Waals surface area contributed by atoms with E-state index in [-0.39, 0.29) is 11.3 Å². The van der Waals surface area contributed by atoms with E-state index in [1.54, 1.807) is 30.3 Å². The maximum atomic E-state index is 13.0. The zero-order valence-electron chi connectivity index (χ0n) is 16.5. The fraction of sp³-hybridized carbons (Fsp3) is 0.130. The molecular weight excluding hydrogens is 384 g/mol. The van der Waals surface area contributed by atoms with E-state index in [9.17, 15) is 19.7 Å². The summed E-state index contributed by atoms with van der Waals surface area (Å²) in [7, 11) is 0. The molecule has 7 nitrogen and oxygen atoms in total. The third kappa shape index (κ3) is 4.88. The molecule has 0 unspecified atom stereocenters. The van der Waals surface area contributed by atoms with E-state index in [4.69, 9.17) is 4.74 Å². The maximum absolute atomic E-state index is 13.0. The number of ether oxygens (including phenoxy) is 1. The van der Waals surface area contributed by atoms with Crippen molar-refractivity contribution in [3.8, 4) is 0 Å². The number of carbonyl (C=O) groups is 2. The Hall–Kier alpha value is -4.00. The molecule has 0 saturated carbocycles. The third-order valence-corrected chi connectivity index (χ3v) is 4.53. The van der Waals surface area contributed by atoms with Crippen LogP contribution in [-0.4, -0.2) is 16.8 Å². The Balaban J connectivity index is 1.85. The lowest BCUT2D eigenvalue weighted by Gasteiger charge is -2.19. The van der Waals surface area contributed by atoms with Crippen molar-refractivity contribution in [2.24, 2.45) is 0 Å². The van der Waals surface area contributed by atoms with E-state index in [0.717, 1.165) is 11.1 Å². The molecule has 0 fully saturated rings. The van der Waals surface area contributed by atoms with Crippen LogP contribution < -0.4 is 5.32 Å².